The molecule has 1 heterocycles. The molecule has 0 amide bonds. The van der Waals surface area contributed by atoms with Crippen LogP contribution in [-0.2, 0) is 0 Å². The predicted octanol–water partition coefficient (Wildman–Crippen LogP) is 3.48. The van der Waals surface area contributed by atoms with Crippen LogP contribution in [0.5, 0.6) is 0 Å². The standard InChI is InChI=1S/C14H19NO/c1-2-11-5-7-12(8-6-11)14(16)13-4-3-9-15-10-13/h3-4,9-12H,2,5-8H2,1H3. The van der Waals surface area contributed by atoms with Crippen molar-refractivity contribution in [3.8, 4) is 0 Å². The molecule has 0 atom stereocenters. The Hall–Kier alpha value is -1.18. The van der Waals surface area contributed by atoms with Crippen LogP contribution < -0.4 is 0 Å². The van der Waals surface area contributed by atoms with E-state index >= 15 is 0 Å². The van der Waals surface area contributed by atoms with Gasteiger partial charge in [0.2, 0.25) is 0 Å². The monoisotopic (exact) mass is 217 g/mol. The average Bonchev–Trinajstić information content (AvgIpc) is 2.39. The van der Waals surface area contributed by atoms with Crippen LogP contribution in [-0.4, -0.2) is 10.8 Å². The van der Waals surface area contributed by atoms with Gasteiger partial charge in [-0.3, -0.25) is 9.78 Å². The van der Waals surface area contributed by atoms with Crippen molar-refractivity contribution in [2.24, 2.45) is 11.8 Å². The predicted molar refractivity (Wildman–Crippen MR) is 64.3 cm³/mol. The van der Waals surface area contributed by atoms with E-state index in [0.29, 0.717) is 5.78 Å². The molecule has 0 unspecified atom stereocenters. The number of aromatic nitrogens is 1. The third kappa shape index (κ3) is 2.49. The zero-order valence-corrected chi connectivity index (χ0v) is 9.86. The van der Waals surface area contributed by atoms with Gasteiger partial charge in [0.1, 0.15) is 0 Å². The minimum Gasteiger partial charge on any atom is -0.294 e. The molecule has 1 aliphatic carbocycles. The van der Waals surface area contributed by atoms with Crippen molar-refractivity contribution in [3.63, 3.8) is 0 Å². The number of pyridine rings is 1. The van der Waals surface area contributed by atoms with E-state index in [1.165, 1.54) is 19.3 Å². The SMILES string of the molecule is CCC1CCC(C(=O)c2cccnc2)CC1. The lowest BCUT2D eigenvalue weighted by atomic mass is 9.78. The highest BCUT2D eigenvalue weighted by molar-refractivity contribution is 5.97. The molecular formula is C14H19NO. The fraction of sp³-hybridized carbons (Fsp3) is 0.571. The van der Waals surface area contributed by atoms with Crippen molar-refractivity contribution in [1.29, 1.82) is 0 Å². The molecule has 1 aliphatic rings. The smallest absolute Gasteiger partial charge is 0.167 e. The van der Waals surface area contributed by atoms with Crippen LogP contribution in [0.4, 0.5) is 0 Å². The van der Waals surface area contributed by atoms with E-state index < -0.39 is 0 Å². The van der Waals surface area contributed by atoms with Crippen molar-refractivity contribution in [3.05, 3.63) is 30.1 Å². The molecule has 86 valence electrons. The van der Waals surface area contributed by atoms with Crippen LogP contribution in [0.25, 0.3) is 0 Å². The minimum absolute atomic E-state index is 0.243. The van der Waals surface area contributed by atoms with Crippen molar-refractivity contribution < 1.29 is 4.79 Å². The Labute approximate surface area is 97.1 Å². The number of Topliss-reactive ketones (excluding diaryl/α,β-unsaturated/α-hetero) is 1. The van der Waals surface area contributed by atoms with Gasteiger partial charge in [-0.2, -0.15) is 0 Å². The maximum absolute atomic E-state index is 12.2. The first-order valence-electron chi connectivity index (χ1n) is 6.25. The van der Waals surface area contributed by atoms with E-state index in [4.69, 9.17) is 0 Å². The van der Waals surface area contributed by atoms with Gasteiger partial charge in [0.15, 0.2) is 5.78 Å². The maximum Gasteiger partial charge on any atom is 0.167 e. The van der Waals surface area contributed by atoms with E-state index in [1.54, 1.807) is 12.4 Å². The van der Waals surface area contributed by atoms with E-state index in [1.807, 2.05) is 12.1 Å². The first kappa shape index (κ1) is 11.3. The lowest BCUT2D eigenvalue weighted by Crippen LogP contribution is -2.21. The largest absolute Gasteiger partial charge is 0.294 e. The number of hydrogen-bond acceptors (Lipinski definition) is 2. The fourth-order valence-corrected chi connectivity index (χ4v) is 2.58. The zero-order chi connectivity index (χ0) is 11.4. The van der Waals surface area contributed by atoms with Gasteiger partial charge in [-0.05, 0) is 43.7 Å². The Morgan fingerprint density at radius 2 is 2.12 bits per heavy atom. The summed E-state index contributed by atoms with van der Waals surface area (Å²) >= 11 is 0. The summed E-state index contributed by atoms with van der Waals surface area (Å²) in [6.07, 6.45) is 9.21. The Morgan fingerprint density at radius 1 is 1.38 bits per heavy atom. The Balaban J connectivity index is 1.97. The Kier molecular flexibility index (Phi) is 3.70. The molecule has 0 spiro atoms. The summed E-state index contributed by atoms with van der Waals surface area (Å²) in [6, 6.07) is 3.71. The summed E-state index contributed by atoms with van der Waals surface area (Å²) in [7, 11) is 0. The molecule has 0 radical (unpaired) electrons. The second-order valence-corrected chi connectivity index (χ2v) is 4.73. The lowest BCUT2D eigenvalue weighted by Gasteiger charge is -2.26. The average molecular weight is 217 g/mol. The van der Waals surface area contributed by atoms with Crippen LogP contribution in [0.1, 0.15) is 49.4 Å². The zero-order valence-electron chi connectivity index (χ0n) is 9.86. The van der Waals surface area contributed by atoms with Crippen molar-refractivity contribution in [2.75, 3.05) is 0 Å². The van der Waals surface area contributed by atoms with Gasteiger partial charge in [0.25, 0.3) is 0 Å². The van der Waals surface area contributed by atoms with Crippen LogP contribution in [0.3, 0.4) is 0 Å². The van der Waals surface area contributed by atoms with Crippen molar-refractivity contribution in [2.45, 2.75) is 39.0 Å². The van der Waals surface area contributed by atoms with Gasteiger partial charge in [-0.1, -0.05) is 13.3 Å². The summed E-state index contributed by atoms with van der Waals surface area (Å²) in [6.45, 7) is 2.24. The first-order chi connectivity index (χ1) is 7.81. The van der Waals surface area contributed by atoms with E-state index in [9.17, 15) is 4.79 Å². The number of rotatable bonds is 3. The van der Waals surface area contributed by atoms with Crippen molar-refractivity contribution >= 4 is 5.78 Å². The second kappa shape index (κ2) is 5.24. The lowest BCUT2D eigenvalue weighted by molar-refractivity contribution is 0.0870. The summed E-state index contributed by atoms with van der Waals surface area (Å²) < 4.78 is 0. The first-order valence-corrected chi connectivity index (χ1v) is 6.25. The number of ketones is 1. The molecule has 0 bridgehead atoms. The van der Waals surface area contributed by atoms with Gasteiger partial charge >= 0.3 is 0 Å². The third-order valence-corrected chi connectivity index (χ3v) is 3.74. The molecule has 16 heavy (non-hydrogen) atoms. The van der Waals surface area contributed by atoms with Crippen LogP contribution in [0.2, 0.25) is 0 Å². The van der Waals surface area contributed by atoms with Gasteiger partial charge in [-0.15, -0.1) is 0 Å². The summed E-state index contributed by atoms with van der Waals surface area (Å²) in [5.74, 6) is 1.38. The molecule has 0 aliphatic heterocycles. The van der Waals surface area contributed by atoms with E-state index in [0.717, 1.165) is 24.3 Å². The highest BCUT2D eigenvalue weighted by Crippen LogP contribution is 2.32. The Morgan fingerprint density at radius 3 is 2.69 bits per heavy atom. The number of hydrogen-bond donors (Lipinski definition) is 0. The molecule has 2 nitrogen and oxygen atoms in total. The fourth-order valence-electron chi connectivity index (χ4n) is 2.58. The molecule has 0 saturated heterocycles. The normalized spacial score (nSPS) is 25.3. The summed E-state index contributed by atoms with van der Waals surface area (Å²) in [5.41, 5.74) is 0.780. The maximum atomic E-state index is 12.2. The molecule has 1 fully saturated rings. The number of carbonyl (C=O) groups is 1. The molecule has 0 aromatic carbocycles. The van der Waals surface area contributed by atoms with Crippen LogP contribution in [0, 0.1) is 11.8 Å². The summed E-state index contributed by atoms with van der Waals surface area (Å²) in [5, 5.41) is 0. The third-order valence-electron chi connectivity index (χ3n) is 3.74. The van der Waals surface area contributed by atoms with Gasteiger partial charge in [0, 0.05) is 23.9 Å². The minimum atomic E-state index is 0.243. The van der Waals surface area contributed by atoms with Crippen LogP contribution in [0.15, 0.2) is 24.5 Å². The number of nitrogens with zero attached hydrogens (tertiary/aromatic N) is 1. The topological polar surface area (TPSA) is 30.0 Å². The molecule has 1 saturated carbocycles. The van der Waals surface area contributed by atoms with Gasteiger partial charge in [0.05, 0.1) is 0 Å². The van der Waals surface area contributed by atoms with Crippen LogP contribution >= 0.6 is 0 Å². The quantitative estimate of drug-likeness (QED) is 0.725. The van der Waals surface area contributed by atoms with Crippen molar-refractivity contribution in [1.82, 2.24) is 4.98 Å². The van der Waals surface area contributed by atoms with Gasteiger partial charge in [-0.25, -0.2) is 0 Å². The van der Waals surface area contributed by atoms with E-state index in [-0.39, 0.29) is 5.92 Å². The molecule has 2 heteroatoms. The molecule has 1 aromatic rings. The molecule has 0 N–H and O–H groups in total. The second-order valence-electron chi connectivity index (χ2n) is 4.73. The van der Waals surface area contributed by atoms with Gasteiger partial charge < -0.3 is 0 Å². The highest BCUT2D eigenvalue weighted by Gasteiger charge is 2.26. The molecular weight excluding hydrogens is 198 g/mol. The molecule has 2 rings (SSSR count). The Bertz CT molecular complexity index is 339. The summed E-state index contributed by atoms with van der Waals surface area (Å²) in [4.78, 5) is 16.2. The molecule has 1 aromatic heterocycles. The number of carbonyl (C=O) groups excluding carboxylic acids is 1. The van der Waals surface area contributed by atoms with E-state index in [2.05, 4.69) is 11.9 Å². The highest BCUT2D eigenvalue weighted by atomic mass is 16.1.